The fraction of sp³-hybridized carbons (Fsp3) is 0. The number of nitrogens with zero attached hydrogens (tertiary/aromatic N) is 3. The highest BCUT2D eigenvalue weighted by molar-refractivity contribution is 6.30. The molecule has 5 nitrogen and oxygen atoms in total. The first-order valence-corrected chi connectivity index (χ1v) is 17.8. The van der Waals surface area contributed by atoms with Crippen LogP contribution in [0.2, 0.25) is 0 Å². The summed E-state index contributed by atoms with van der Waals surface area (Å²) in [6.45, 7) is 0. The van der Waals surface area contributed by atoms with E-state index in [2.05, 4.69) is 138 Å². The zero-order chi connectivity index (χ0) is 34.6. The number of furan rings is 2. The van der Waals surface area contributed by atoms with Gasteiger partial charge in [-0.3, -0.25) is 4.57 Å². The number of para-hydroxylation sites is 3. The summed E-state index contributed by atoms with van der Waals surface area (Å²) in [6, 6.07) is 57.1. The SMILES string of the molecule is c1ccc(-c2nc(-n3c4c(-c5ccc6oc7ccccc7c6c5)cc5c6ccccc6oc5c4c4ccc5ccccc5c43)nc3ccccc23)cc1. The van der Waals surface area contributed by atoms with Gasteiger partial charge in [0.15, 0.2) is 0 Å². The summed E-state index contributed by atoms with van der Waals surface area (Å²) >= 11 is 0. The maximum atomic E-state index is 6.84. The Balaban J connectivity index is 1.32. The van der Waals surface area contributed by atoms with Crippen molar-refractivity contribution >= 4 is 87.4 Å². The van der Waals surface area contributed by atoms with Gasteiger partial charge in [0.25, 0.3) is 0 Å². The summed E-state index contributed by atoms with van der Waals surface area (Å²) in [5, 5.41) is 9.68. The van der Waals surface area contributed by atoms with Gasteiger partial charge in [0.1, 0.15) is 22.3 Å². The van der Waals surface area contributed by atoms with Crippen molar-refractivity contribution in [2.45, 2.75) is 0 Å². The van der Waals surface area contributed by atoms with Crippen molar-refractivity contribution in [2.75, 3.05) is 0 Å². The minimum absolute atomic E-state index is 0.602. The van der Waals surface area contributed by atoms with Crippen LogP contribution in [0.1, 0.15) is 0 Å². The van der Waals surface area contributed by atoms with Crippen LogP contribution in [-0.4, -0.2) is 14.5 Å². The van der Waals surface area contributed by atoms with Crippen molar-refractivity contribution in [3.05, 3.63) is 164 Å². The van der Waals surface area contributed by atoms with E-state index >= 15 is 0 Å². The van der Waals surface area contributed by atoms with Gasteiger partial charge in [-0.1, -0.05) is 127 Å². The van der Waals surface area contributed by atoms with Crippen molar-refractivity contribution in [1.29, 1.82) is 0 Å². The zero-order valence-electron chi connectivity index (χ0n) is 28.2. The lowest BCUT2D eigenvalue weighted by Crippen LogP contribution is -2.04. The topological polar surface area (TPSA) is 57.0 Å². The van der Waals surface area contributed by atoms with Gasteiger partial charge in [0, 0.05) is 48.8 Å². The number of aromatic nitrogens is 3. The number of rotatable bonds is 3. The molecule has 0 N–H and O–H groups in total. The fourth-order valence-corrected chi connectivity index (χ4v) is 8.44. The minimum Gasteiger partial charge on any atom is -0.456 e. The van der Waals surface area contributed by atoms with Crippen molar-refractivity contribution in [3.8, 4) is 28.3 Å². The van der Waals surface area contributed by atoms with E-state index in [4.69, 9.17) is 18.8 Å². The van der Waals surface area contributed by atoms with Gasteiger partial charge in [0.2, 0.25) is 5.95 Å². The lowest BCUT2D eigenvalue weighted by atomic mass is 9.97. The van der Waals surface area contributed by atoms with Crippen LogP contribution in [0.4, 0.5) is 0 Å². The molecule has 0 unspecified atom stereocenters. The summed E-state index contributed by atoms with van der Waals surface area (Å²) in [7, 11) is 0. The smallest absolute Gasteiger partial charge is 0.235 e. The van der Waals surface area contributed by atoms with E-state index in [0.717, 1.165) is 110 Å². The van der Waals surface area contributed by atoms with Gasteiger partial charge in [-0.05, 0) is 47.3 Å². The van der Waals surface area contributed by atoms with Crippen molar-refractivity contribution in [1.82, 2.24) is 14.5 Å². The van der Waals surface area contributed by atoms with E-state index in [9.17, 15) is 0 Å². The van der Waals surface area contributed by atoms with Crippen LogP contribution in [0.3, 0.4) is 0 Å². The molecule has 0 saturated heterocycles. The lowest BCUT2D eigenvalue weighted by Gasteiger charge is -2.14. The molecular formula is C48H27N3O2. The Kier molecular flexibility index (Phi) is 5.71. The van der Waals surface area contributed by atoms with Crippen molar-refractivity contribution in [2.24, 2.45) is 0 Å². The average Bonchev–Trinajstić information content (AvgIpc) is 3.90. The minimum atomic E-state index is 0.602. The molecule has 0 fully saturated rings. The van der Waals surface area contributed by atoms with Crippen LogP contribution in [-0.2, 0) is 0 Å². The standard InChI is InChI=1S/C48H27N3O2/c1-2-13-29(14-3-1)44-34-18-6-9-19-39(34)49-48(50-44)51-45-31-15-5-4-12-28(31)22-24-35(45)43-46(51)36(27-38-33-17-8-11-21-41(33)53-47(38)43)30-23-25-42-37(26-30)32-16-7-10-20-40(32)52-42/h1-27H. The predicted octanol–water partition coefficient (Wildman–Crippen LogP) is 13.0. The van der Waals surface area contributed by atoms with Gasteiger partial charge in [-0.2, -0.15) is 0 Å². The molecule has 4 aromatic heterocycles. The highest BCUT2D eigenvalue weighted by Gasteiger charge is 2.26. The molecule has 0 aliphatic heterocycles. The van der Waals surface area contributed by atoms with E-state index in [-0.39, 0.29) is 0 Å². The molecule has 0 atom stereocenters. The summed E-state index contributed by atoms with van der Waals surface area (Å²) in [4.78, 5) is 10.8. The molecule has 4 heterocycles. The van der Waals surface area contributed by atoms with E-state index in [0.29, 0.717) is 5.95 Å². The van der Waals surface area contributed by atoms with Crippen molar-refractivity contribution in [3.63, 3.8) is 0 Å². The number of benzene rings is 8. The first kappa shape index (κ1) is 28.5. The lowest BCUT2D eigenvalue weighted by molar-refractivity contribution is 0.669. The van der Waals surface area contributed by atoms with Crippen LogP contribution in [0, 0.1) is 0 Å². The monoisotopic (exact) mass is 677 g/mol. The van der Waals surface area contributed by atoms with E-state index in [1.165, 1.54) is 0 Å². The van der Waals surface area contributed by atoms with Crippen molar-refractivity contribution < 1.29 is 8.83 Å². The second kappa shape index (κ2) is 10.6. The van der Waals surface area contributed by atoms with Crippen LogP contribution in [0.5, 0.6) is 0 Å². The third kappa shape index (κ3) is 4.02. The molecular weight excluding hydrogens is 651 g/mol. The molecule has 246 valence electrons. The second-order valence-electron chi connectivity index (χ2n) is 13.7. The fourth-order valence-electron chi connectivity index (χ4n) is 8.44. The van der Waals surface area contributed by atoms with E-state index in [1.54, 1.807) is 0 Å². The molecule has 12 aromatic rings. The van der Waals surface area contributed by atoms with E-state index in [1.807, 2.05) is 30.3 Å². The molecule has 0 bridgehead atoms. The molecule has 0 spiro atoms. The molecule has 8 aromatic carbocycles. The van der Waals surface area contributed by atoms with Gasteiger partial charge in [-0.25, -0.2) is 9.97 Å². The van der Waals surface area contributed by atoms with Crippen LogP contribution >= 0.6 is 0 Å². The summed E-state index contributed by atoms with van der Waals surface area (Å²) in [5.41, 5.74) is 10.4. The molecule has 12 rings (SSSR count). The summed E-state index contributed by atoms with van der Waals surface area (Å²) in [5.74, 6) is 0.602. The number of fused-ring (bicyclic) bond motifs is 13. The molecule has 0 aliphatic rings. The predicted molar refractivity (Wildman–Crippen MR) is 217 cm³/mol. The largest absolute Gasteiger partial charge is 0.456 e. The Bertz CT molecular complexity index is 3460. The molecule has 5 heteroatoms. The van der Waals surface area contributed by atoms with Gasteiger partial charge >= 0.3 is 0 Å². The van der Waals surface area contributed by atoms with Gasteiger partial charge in [0.05, 0.1) is 27.6 Å². The normalized spacial score (nSPS) is 12.2. The van der Waals surface area contributed by atoms with Gasteiger partial charge in [-0.15, -0.1) is 0 Å². The molecule has 0 saturated carbocycles. The van der Waals surface area contributed by atoms with Crippen LogP contribution in [0.25, 0.3) is 116 Å². The number of hydrogen-bond donors (Lipinski definition) is 0. The Labute approximate surface area is 302 Å². The zero-order valence-corrected chi connectivity index (χ0v) is 28.2. The van der Waals surface area contributed by atoms with Crippen LogP contribution in [0.15, 0.2) is 173 Å². The Morgan fingerprint density at radius 1 is 0.415 bits per heavy atom. The Hall–Kier alpha value is -7.24. The molecule has 0 aliphatic carbocycles. The first-order valence-electron chi connectivity index (χ1n) is 17.8. The van der Waals surface area contributed by atoms with E-state index < -0.39 is 0 Å². The third-order valence-corrected chi connectivity index (χ3v) is 10.8. The average molecular weight is 678 g/mol. The molecule has 0 radical (unpaired) electrons. The first-order chi connectivity index (χ1) is 26.3. The van der Waals surface area contributed by atoms with Crippen LogP contribution < -0.4 is 0 Å². The highest BCUT2D eigenvalue weighted by atomic mass is 16.3. The quantitative estimate of drug-likeness (QED) is 0.187. The second-order valence-corrected chi connectivity index (χ2v) is 13.7. The highest BCUT2D eigenvalue weighted by Crippen LogP contribution is 2.47. The maximum absolute atomic E-state index is 6.84. The maximum Gasteiger partial charge on any atom is 0.235 e. The molecule has 0 amide bonds. The van der Waals surface area contributed by atoms with Gasteiger partial charge < -0.3 is 8.83 Å². The Morgan fingerprint density at radius 2 is 1.09 bits per heavy atom. The molecule has 53 heavy (non-hydrogen) atoms. The summed E-state index contributed by atoms with van der Waals surface area (Å²) < 4.78 is 15.4. The Morgan fingerprint density at radius 3 is 1.94 bits per heavy atom. The number of hydrogen-bond acceptors (Lipinski definition) is 4. The third-order valence-electron chi connectivity index (χ3n) is 10.8. The summed E-state index contributed by atoms with van der Waals surface area (Å²) in [6.07, 6.45) is 0.